The fourth-order valence-electron chi connectivity index (χ4n) is 2.16. The van der Waals surface area contributed by atoms with Crippen molar-refractivity contribution in [2.45, 2.75) is 25.7 Å². The molecule has 0 saturated carbocycles. The zero-order valence-electron chi connectivity index (χ0n) is 13.2. The monoisotopic (exact) mass is 359 g/mol. The molecule has 24 heavy (non-hydrogen) atoms. The van der Waals surface area contributed by atoms with Gasteiger partial charge in [-0.25, -0.2) is 0 Å². The Labute approximate surface area is 143 Å². The molecule has 0 radical (unpaired) electrons. The molecule has 0 bridgehead atoms. The third-order valence-corrected chi connectivity index (χ3v) is 3.96. The number of hydrogen-bond acceptors (Lipinski definition) is 3. The number of ether oxygens (including phenoxy) is 2. The maximum Gasteiger partial charge on any atom is 0.407 e. The van der Waals surface area contributed by atoms with Gasteiger partial charge in [-0.05, 0) is 48.4 Å². The lowest BCUT2D eigenvalue weighted by molar-refractivity contribution is -0.149. The summed E-state index contributed by atoms with van der Waals surface area (Å²) in [5.74, 6) is 0.989. The Bertz CT molecular complexity index is 719. The first-order chi connectivity index (χ1) is 11.2. The Hall–Kier alpha value is -1.92. The first kappa shape index (κ1) is 18.4. The summed E-state index contributed by atoms with van der Waals surface area (Å²) >= 11 is 5.95. The lowest BCUT2D eigenvalue weighted by Crippen LogP contribution is -2.28. The highest BCUT2D eigenvalue weighted by Gasteiger charge is 2.38. The number of nitrogens with two attached hydrogens (primary N) is 1. The molecular weight excluding hydrogens is 343 g/mol. The van der Waals surface area contributed by atoms with E-state index in [-0.39, 0.29) is 12.2 Å². The van der Waals surface area contributed by atoms with Crippen LogP contribution in [0.3, 0.4) is 0 Å². The summed E-state index contributed by atoms with van der Waals surface area (Å²) in [7, 11) is 1.44. The normalized spacial score (nSPS) is 12.8. The average molecular weight is 360 g/mol. The third-order valence-electron chi connectivity index (χ3n) is 3.54. The largest absolute Gasteiger partial charge is 0.496 e. The molecular formula is C17H17ClF3NO2. The summed E-state index contributed by atoms with van der Waals surface area (Å²) in [6.45, 7) is 1.88. The van der Waals surface area contributed by atoms with Crippen LogP contribution in [-0.2, 0) is 6.61 Å². The van der Waals surface area contributed by atoms with Gasteiger partial charge < -0.3 is 15.2 Å². The van der Waals surface area contributed by atoms with E-state index < -0.39 is 12.2 Å². The Morgan fingerprint density at radius 1 is 1.17 bits per heavy atom. The van der Waals surface area contributed by atoms with E-state index in [1.54, 1.807) is 18.2 Å². The number of aryl methyl sites for hydroxylation is 1. The van der Waals surface area contributed by atoms with Gasteiger partial charge in [-0.2, -0.15) is 13.2 Å². The van der Waals surface area contributed by atoms with Crippen LogP contribution in [0.5, 0.6) is 11.5 Å². The molecule has 0 aromatic heterocycles. The number of benzene rings is 2. The Balaban J connectivity index is 2.22. The van der Waals surface area contributed by atoms with Crippen molar-refractivity contribution in [3.05, 3.63) is 58.1 Å². The highest BCUT2D eigenvalue weighted by Crippen LogP contribution is 2.33. The smallest absolute Gasteiger partial charge is 0.407 e. The van der Waals surface area contributed by atoms with Crippen molar-refractivity contribution in [3.8, 4) is 11.5 Å². The number of halogens is 4. The zero-order valence-corrected chi connectivity index (χ0v) is 13.9. The van der Waals surface area contributed by atoms with Crippen LogP contribution in [0.1, 0.15) is 22.7 Å². The van der Waals surface area contributed by atoms with E-state index in [0.717, 1.165) is 5.56 Å². The number of alkyl halides is 3. The Kier molecular flexibility index (Phi) is 5.62. The standard InChI is InChI=1S/C17H17ClF3NO2/c1-10-7-13(4-5-14(10)18)24-9-12-8-11(3-6-15(12)23-2)16(22)17(19,20)21/h3-8,16H,9,22H2,1-2H3/t16-/m1/s1. The lowest BCUT2D eigenvalue weighted by Gasteiger charge is -2.18. The number of rotatable bonds is 5. The molecule has 2 N–H and O–H groups in total. The average Bonchev–Trinajstić information content (AvgIpc) is 2.54. The van der Waals surface area contributed by atoms with Crippen molar-refractivity contribution in [2.24, 2.45) is 5.73 Å². The first-order valence-corrected chi connectivity index (χ1v) is 7.48. The molecule has 3 nitrogen and oxygen atoms in total. The van der Waals surface area contributed by atoms with Gasteiger partial charge in [0, 0.05) is 10.6 Å². The van der Waals surface area contributed by atoms with Gasteiger partial charge in [-0.3, -0.25) is 0 Å². The molecule has 0 heterocycles. The lowest BCUT2D eigenvalue weighted by atomic mass is 10.0. The van der Waals surface area contributed by atoms with Gasteiger partial charge in [-0.1, -0.05) is 17.7 Å². The second-order valence-corrected chi connectivity index (χ2v) is 5.70. The van der Waals surface area contributed by atoms with Crippen LogP contribution in [0.15, 0.2) is 36.4 Å². The molecule has 2 aromatic carbocycles. The van der Waals surface area contributed by atoms with E-state index in [4.69, 9.17) is 26.8 Å². The molecule has 0 fully saturated rings. The van der Waals surface area contributed by atoms with Crippen LogP contribution in [0, 0.1) is 6.92 Å². The van der Waals surface area contributed by atoms with Crippen molar-refractivity contribution in [3.63, 3.8) is 0 Å². The van der Waals surface area contributed by atoms with Crippen molar-refractivity contribution in [2.75, 3.05) is 7.11 Å². The first-order valence-electron chi connectivity index (χ1n) is 7.10. The van der Waals surface area contributed by atoms with E-state index in [9.17, 15) is 13.2 Å². The topological polar surface area (TPSA) is 44.5 Å². The highest BCUT2D eigenvalue weighted by atomic mass is 35.5. The SMILES string of the molecule is COc1ccc([C@@H](N)C(F)(F)F)cc1COc1ccc(Cl)c(C)c1. The van der Waals surface area contributed by atoms with Gasteiger partial charge in [0.2, 0.25) is 0 Å². The zero-order chi connectivity index (χ0) is 17.9. The molecule has 0 spiro atoms. The van der Waals surface area contributed by atoms with Crippen molar-refractivity contribution >= 4 is 11.6 Å². The molecule has 0 amide bonds. The summed E-state index contributed by atoms with van der Waals surface area (Å²) in [6, 6.07) is 7.17. The van der Waals surface area contributed by atoms with Crippen molar-refractivity contribution in [1.82, 2.24) is 0 Å². The maximum atomic E-state index is 12.8. The van der Waals surface area contributed by atoms with E-state index in [2.05, 4.69) is 0 Å². The van der Waals surface area contributed by atoms with Crippen LogP contribution >= 0.6 is 11.6 Å². The van der Waals surface area contributed by atoms with Crippen LogP contribution in [-0.4, -0.2) is 13.3 Å². The summed E-state index contributed by atoms with van der Waals surface area (Å²) in [6.07, 6.45) is -4.51. The number of methoxy groups -OCH3 is 1. The van der Waals surface area contributed by atoms with E-state index >= 15 is 0 Å². The van der Waals surface area contributed by atoms with E-state index in [1.165, 1.54) is 25.3 Å². The molecule has 0 unspecified atom stereocenters. The van der Waals surface area contributed by atoms with Gasteiger partial charge in [0.15, 0.2) is 0 Å². The molecule has 7 heteroatoms. The van der Waals surface area contributed by atoms with Crippen LogP contribution < -0.4 is 15.2 Å². The number of hydrogen-bond donors (Lipinski definition) is 1. The quantitative estimate of drug-likeness (QED) is 0.834. The summed E-state index contributed by atoms with van der Waals surface area (Å²) in [4.78, 5) is 0. The molecule has 0 aliphatic carbocycles. The summed E-state index contributed by atoms with van der Waals surface area (Å²) < 4.78 is 49.1. The molecule has 2 rings (SSSR count). The van der Waals surface area contributed by atoms with Gasteiger partial charge >= 0.3 is 6.18 Å². The fraction of sp³-hybridized carbons (Fsp3) is 0.294. The molecule has 2 aromatic rings. The Morgan fingerprint density at radius 3 is 2.46 bits per heavy atom. The minimum absolute atomic E-state index is 0.0443. The van der Waals surface area contributed by atoms with Gasteiger partial charge in [0.25, 0.3) is 0 Å². The van der Waals surface area contributed by atoms with Gasteiger partial charge in [0.1, 0.15) is 24.1 Å². The third kappa shape index (κ3) is 4.33. The molecule has 1 atom stereocenters. The second kappa shape index (κ2) is 7.32. The van der Waals surface area contributed by atoms with Gasteiger partial charge in [-0.15, -0.1) is 0 Å². The van der Waals surface area contributed by atoms with E-state index in [0.29, 0.717) is 22.1 Å². The predicted octanol–water partition coefficient (Wildman–Crippen LogP) is 4.80. The summed E-state index contributed by atoms with van der Waals surface area (Å²) in [5.41, 5.74) is 6.52. The Morgan fingerprint density at radius 2 is 1.88 bits per heavy atom. The van der Waals surface area contributed by atoms with Crippen molar-refractivity contribution < 1.29 is 22.6 Å². The molecule has 0 aliphatic heterocycles. The minimum Gasteiger partial charge on any atom is -0.496 e. The minimum atomic E-state index is -4.51. The van der Waals surface area contributed by atoms with Gasteiger partial charge in [0.05, 0.1) is 7.11 Å². The maximum absolute atomic E-state index is 12.8. The highest BCUT2D eigenvalue weighted by molar-refractivity contribution is 6.31. The van der Waals surface area contributed by atoms with E-state index in [1.807, 2.05) is 6.92 Å². The van der Waals surface area contributed by atoms with Crippen LogP contribution in [0.4, 0.5) is 13.2 Å². The van der Waals surface area contributed by atoms with Crippen LogP contribution in [0.2, 0.25) is 5.02 Å². The molecule has 0 aliphatic rings. The molecule has 130 valence electrons. The molecule has 0 saturated heterocycles. The van der Waals surface area contributed by atoms with Crippen LogP contribution in [0.25, 0.3) is 0 Å². The fourth-order valence-corrected chi connectivity index (χ4v) is 2.28. The van der Waals surface area contributed by atoms with Crippen molar-refractivity contribution in [1.29, 1.82) is 0 Å². The summed E-state index contributed by atoms with van der Waals surface area (Å²) in [5, 5.41) is 0.609. The second-order valence-electron chi connectivity index (χ2n) is 5.29. The predicted molar refractivity (Wildman–Crippen MR) is 86.5 cm³/mol.